The zero-order valence-corrected chi connectivity index (χ0v) is 7.48. The second kappa shape index (κ2) is 3.15. The molecule has 0 aliphatic heterocycles. The zero-order chi connectivity index (χ0) is 8.55. The molecule has 1 heterocycles. The van der Waals surface area contributed by atoms with Gasteiger partial charge in [0.2, 0.25) is 0 Å². The van der Waals surface area contributed by atoms with Crippen LogP contribution in [0.1, 0.15) is 30.2 Å². The number of rotatable bonds is 3. The molecule has 1 unspecified atom stereocenters. The molecule has 1 atom stereocenters. The number of aliphatic hydroxyl groups is 1. The Morgan fingerprint density at radius 2 is 2.42 bits per heavy atom. The predicted molar refractivity (Wildman–Crippen MR) is 46.6 cm³/mol. The quantitative estimate of drug-likeness (QED) is 0.769. The van der Waals surface area contributed by atoms with E-state index in [1.165, 1.54) is 30.2 Å². The van der Waals surface area contributed by atoms with E-state index in [0.717, 1.165) is 6.42 Å². The SMILES string of the molecule is OC(CC1CC1)c1sccc1F. The van der Waals surface area contributed by atoms with Crippen LogP contribution in [0.5, 0.6) is 0 Å². The Bertz CT molecular complexity index is 267. The van der Waals surface area contributed by atoms with Gasteiger partial charge in [-0.15, -0.1) is 11.3 Å². The van der Waals surface area contributed by atoms with Crippen molar-refractivity contribution in [1.29, 1.82) is 0 Å². The highest BCUT2D eigenvalue weighted by Gasteiger charge is 2.26. The number of hydrogen-bond acceptors (Lipinski definition) is 2. The molecule has 0 radical (unpaired) electrons. The van der Waals surface area contributed by atoms with Gasteiger partial charge in [0.25, 0.3) is 0 Å². The summed E-state index contributed by atoms with van der Waals surface area (Å²) >= 11 is 1.30. The van der Waals surface area contributed by atoms with Gasteiger partial charge in [0, 0.05) is 0 Å². The summed E-state index contributed by atoms with van der Waals surface area (Å²) in [6.45, 7) is 0. The first-order chi connectivity index (χ1) is 5.77. The van der Waals surface area contributed by atoms with Gasteiger partial charge in [-0.05, 0) is 23.8 Å². The van der Waals surface area contributed by atoms with Gasteiger partial charge in [0.05, 0.1) is 11.0 Å². The van der Waals surface area contributed by atoms with Crippen LogP contribution < -0.4 is 0 Å². The molecule has 1 fully saturated rings. The van der Waals surface area contributed by atoms with E-state index in [9.17, 15) is 9.50 Å². The maximum Gasteiger partial charge on any atom is 0.139 e. The molecule has 66 valence electrons. The molecule has 1 aliphatic carbocycles. The van der Waals surface area contributed by atoms with E-state index < -0.39 is 6.10 Å². The van der Waals surface area contributed by atoms with Gasteiger partial charge in [-0.25, -0.2) is 4.39 Å². The lowest BCUT2D eigenvalue weighted by Gasteiger charge is -2.06. The average molecular weight is 186 g/mol. The lowest BCUT2D eigenvalue weighted by Crippen LogP contribution is -1.97. The maximum absolute atomic E-state index is 12.9. The number of hydrogen-bond donors (Lipinski definition) is 1. The van der Waals surface area contributed by atoms with Crippen LogP contribution in [0.2, 0.25) is 0 Å². The van der Waals surface area contributed by atoms with Crippen LogP contribution in [0.15, 0.2) is 11.4 Å². The first kappa shape index (κ1) is 8.20. The molecule has 1 nitrogen and oxygen atoms in total. The highest BCUT2D eigenvalue weighted by atomic mass is 32.1. The summed E-state index contributed by atoms with van der Waals surface area (Å²) in [7, 11) is 0. The van der Waals surface area contributed by atoms with Crippen LogP contribution in [0.25, 0.3) is 0 Å². The van der Waals surface area contributed by atoms with E-state index in [-0.39, 0.29) is 5.82 Å². The molecule has 0 spiro atoms. The fourth-order valence-electron chi connectivity index (χ4n) is 1.32. The Labute approximate surface area is 74.9 Å². The molecule has 2 rings (SSSR count). The van der Waals surface area contributed by atoms with Crippen LogP contribution in [0.4, 0.5) is 4.39 Å². The van der Waals surface area contributed by atoms with Crippen LogP contribution >= 0.6 is 11.3 Å². The minimum atomic E-state index is -0.572. The van der Waals surface area contributed by atoms with Crippen molar-refractivity contribution in [2.24, 2.45) is 5.92 Å². The van der Waals surface area contributed by atoms with Crippen molar-refractivity contribution in [2.75, 3.05) is 0 Å². The minimum Gasteiger partial charge on any atom is -0.387 e. The molecule has 1 N–H and O–H groups in total. The van der Waals surface area contributed by atoms with E-state index in [0.29, 0.717) is 10.8 Å². The zero-order valence-electron chi connectivity index (χ0n) is 6.66. The van der Waals surface area contributed by atoms with Crippen molar-refractivity contribution in [3.8, 4) is 0 Å². The molecular formula is C9H11FOS. The number of thiophene rings is 1. The summed E-state index contributed by atoms with van der Waals surface area (Å²) in [4.78, 5) is 0.502. The fourth-order valence-corrected chi connectivity index (χ4v) is 2.09. The van der Waals surface area contributed by atoms with Gasteiger partial charge >= 0.3 is 0 Å². The molecule has 0 saturated heterocycles. The molecule has 1 aromatic rings. The summed E-state index contributed by atoms with van der Waals surface area (Å²) < 4.78 is 12.9. The fraction of sp³-hybridized carbons (Fsp3) is 0.556. The third kappa shape index (κ3) is 1.67. The van der Waals surface area contributed by atoms with Gasteiger partial charge in [0.1, 0.15) is 5.82 Å². The van der Waals surface area contributed by atoms with Gasteiger partial charge in [-0.3, -0.25) is 0 Å². The van der Waals surface area contributed by atoms with Crippen LogP contribution in [-0.4, -0.2) is 5.11 Å². The van der Waals surface area contributed by atoms with E-state index in [1.54, 1.807) is 5.38 Å². The number of aliphatic hydroxyl groups excluding tert-OH is 1. The summed E-state index contributed by atoms with van der Waals surface area (Å²) in [6.07, 6.45) is 2.56. The van der Waals surface area contributed by atoms with Crippen LogP contribution in [0, 0.1) is 11.7 Å². The third-order valence-electron chi connectivity index (χ3n) is 2.20. The van der Waals surface area contributed by atoms with Crippen molar-refractivity contribution >= 4 is 11.3 Å². The second-order valence-electron chi connectivity index (χ2n) is 3.33. The molecule has 0 bridgehead atoms. The summed E-state index contributed by atoms with van der Waals surface area (Å²) in [6, 6.07) is 1.41. The third-order valence-corrected chi connectivity index (χ3v) is 3.19. The first-order valence-electron chi connectivity index (χ1n) is 4.18. The van der Waals surface area contributed by atoms with Crippen molar-refractivity contribution in [3.05, 3.63) is 22.1 Å². The lowest BCUT2D eigenvalue weighted by molar-refractivity contribution is 0.160. The van der Waals surface area contributed by atoms with E-state index >= 15 is 0 Å². The van der Waals surface area contributed by atoms with E-state index in [1.807, 2.05) is 0 Å². The molecule has 1 saturated carbocycles. The summed E-state index contributed by atoms with van der Waals surface area (Å²) in [5.41, 5.74) is 0. The summed E-state index contributed by atoms with van der Waals surface area (Å²) in [5.74, 6) is 0.384. The van der Waals surface area contributed by atoms with Gasteiger partial charge in [-0.2, -0.15) is 0 Å². The molecule has 12 heavy (non-hydrogen) atoms. The second-order valence-corrected chi connectivity index (χ2v) is 4.28. The lowest BCUT2D eigenvalue weighted by atomic mass is 10.1. The molecule has 3 heteroatoms. The molecule has 0 amide bonds. The van der Waals surface area contributed by atoms with Gasteiger partial charge in [-0.1, -0.05) is 12.8 Å². The Morgan fingerprint density at radius 1 is 1.67 bits per heavy atom. The van der Waals surface area contributed by atoms with Crippen molar-refractivity contribution in [3.63, 3.8) is 0 Å². The Kier molecular flexibility index (Phi) is 2.15. The number of halogens is 1. The minimum absolute atomic E-state index is 0.256. The van der Waals surface area contributed by atoms with Crippen molar-refractivity contribution < 1.29 is 9.50 Å². The van der Waals surface area contributed by atoms with Crippen LogP contribution in [-0.2, 0) is 0 Å². The topological polar surface area (TPSA) is 20.2 Å². The smallest absolute Gasteiger partial charge is 0.139 e. The van der Waals surface area contributed by atoms with Crippen molar-refractivity contribution in [2.45, 2.75) is 25.4 Å². The van der Waals surface area contributed by atoms with Crippen molar-refractivity contribution in [1.82, 2.24) is 0 Å². The Balaban J connectivity index is 2.02. The maximum atomic E-state index is 12.9. The Hall–Kier alpha value is -0.410. The Morgan fingerprint density at radius 3 is 2.92 bits per heavy atom. The average Bonchev–Trinajstić information content (AvgIpc) is 2.72. The largest absolute Gasteiger partial charge is 0.387 e. The summed E-state index contributed by atoms with van der Waals surface area (Å²) in [5, 5.41) is 11.3. The van der Waals surface area contributed by atoms with Crippen LogP contribution in [0.3, 0.4) is 0 Å². The standard InChI is InChI=1S/C9H11FOS/c10-7-3-4-12-9(7)8(11)5-6-1-2-6/h3-4,6,8,11H,1-2,5H2. The predicted octanol–water partition coefficient (Wildman–Crippen LogP) is 2.72. The monoisotopic (exact) mass is 186 g/mol. The highest BCUT2D eigenvalue weighted by Crippen LogP contribution is 2.39. The van der Waals surface area contributed by atoms with Gasteiger partial charge < -0.3 is 5.11 Å². The van der Waals surface area contributed by atoms with E-state index in [2.05, 4.69) is 0 Å². The molecule has 0 aromatic carbocycles. The highest BCUT2D eigenvalue weighted by molar-refractivity contribution is 7.10. The molecule has 1 aliphatic rings. The first-order valence-corrected chi connectivity index (χ1v) is 5.06. The van der Waals surface area contributed by atoms with E-state index in [4.69, 9.17) is 0 Å². The van der Waals surface area contributed by atoms with Gasteiger partial charge in [0.15, 0.2) is 0 Å². The molecular weight excluding hydrogens is 175 g/mol. The molecule has 1 aromatic heterocycles. The normalized spacial score (nSPS) is 19.5.